The molecule has 0 saturated carbocycles. The van der Waals surface area contributed by atoms with Crippen LogP contribution < -0.4 is 5.32 Å². The lowest BCUT2D eigenvalue weighted by atomic mass is 10.0. The number of hydrogen-bond donors (Lipinski definition) is 1. The van der Waals surface area contributed by atoms with Gasteiger partial charge >= 0.3 is 0 Å². The van der Waals surface area contributed by atoms with Gasteiger partial charge in [0.15, 0.2) is 6.29 Å². The van der Waals surface area contributed by atoms with Crippen LogP contribution in [-0.4, -0.2) is 16.4 Å². The highest BCUT2D eigenvalue weighted by atomic mass is 16.1. The molecule has 0 aliphatic rings. The molecule has 0 fully saturated rings. The van der Waals surface area contributed by atoms with Gasteiger partial charge in [0.2, 0.25) is 0 Å². The Balaban J connectivity index is 2.78. The molecule has 0 unspecified atom stereocenters. The Morgan fingerprint density at radius 3 is 2.18 bits per heavy atom. The SMILES string of the molecule is Cc1c(-c2ccccc2)c(NC(C)(C)C)n(C(C)C)c1C=O. The number of anilines is 1. The van der Waals surface area contributed by atoms with Gasteiger partial charge in [-0.1, -0.05) is 30.3 Å². The third-order valence-electron chi connectivity index (χ3n) is 3.68. The molecule has 1 heterocycles. The van der Waals surface area contributed by atoms with Crippen LogP contribution in [0.15, 0.2) is 30.3 Å². The first-order valence-corrected chi connectivity index (χ1v) is 7.80. The first-order valence-electron chi connectivity index (χ1n) is 7.80. The lowest BCUT2D eigenvalue weighted by molar-refractivity contribution is 0.111. The molecule has 3 heteroatoms. The van der Waals surface area contributed by atoms with Crippen LogP contribution in [0.1, 0.15) is 56.7 Å². The summed E-state index contributed by atoms with van der Waals surface area (Å²) >= 11 is 0. The molecule has 1 aromatic heterocycles. The van der Waals surface area contributed by atoms with E-state index >= 15 is 0 Å². The van der Waals surface area contributed by atoms with Crippen LogP contribution in [-0.2, 0) is 0 Å². The van der Waals surface area contributed by atoms with E-state index in [1.165, 1.54) is 0 Å². The first-order chi connectivity index (χ1) is 10.3. The topological polar surface area (TPSA) is 34.0 Å². The van der Waals surface area contributed by atoms with E-state index in [0.29, 0.717) is 0 Å². The number of benzene rings is 1. The fraction of sp³-hybridized carbons (Fsp3) is 0.421. The monoisotopic (exact) mass is 298 g/mol. The third-order valence-corrected chi connectivity index (χ3v) is 3.68. The van der Waals surface area contributed by atoms with Crippen LogP contribution in [0.2, 0.25) is 0 Å². The largest absolute Gasteiger partial charge is 0.366 e. The second-order valence-corrected chi connectivity index (χ2v) is 7.06. The van der Waals surface area contributed by atoms with E-state index in [4.69, 9.17) is 0 Å². The van der Waals surface area contributed by atoms with E-state index < -0.39 is 0 Å². The molecule has 0 bridgehead atoms. The molecule has 1 aromatic carbocycles. The van der Waals surface area contributed by atoms with Crippen LogP contribution in [0.25, 0.3) is 11.1 Å². The number of carbonyl (C=O) groups is 1. The first kappa shape index (κ1) is 16.3. The molecule has 0 spiro atoms. The Morgan fingerprint density at radius 2 is 1.73 bits per heavy atom. The van der Waals surface area contributed by atoms with Gasteiger partial charge in [-0.05, 0) is 52.7 Å². The minimum absolute atomic E-state index is 0.0822. The van der Waals surface area contributed by atoms with Crippen molar-refractivity contribution in [1.82, 2.24) is 4.57 Å². The van der Waals surface area contributed by atoms with Gasteiger partial charge in [-0.15, -0.1) is 0 Å². The minimum Gasteiger partial charge on any atom is -0.366 e. The Labute approximate surface area is 133 Å². The highest BCUT2D eigenvalue weighted by Gasteiger charge is 2.25. The zero-order valence-electron chi connectivity index (χ0n) is 14.4. The molecule has 0 aliphatic heterocycles. The summed E-state index contributed by atoms with van der Waals surface area (Å²) in [7, 11) is 0. The zero-order chi connectivity index (χ0) is 16.5. The maximum Gasteiger partial charge on any atom is 0.166 e. The number of carbonyl (C=O) groups excluding carboxylic acids is 1. The van der Waals surface area contributed by atoms with Gasteiger partial charge in [-0.2, -0.15) is 0 Å². The van der Waals surface area contributed by atoms with Gasteiger partial charge in [0, 0.05) is 17.1 Å². The number of nitrogens with zero attached hydrogens (tertiary/aromatic N) is 1. The molecular formula is C19H26N2O. The number of hydrogen-bond acceptors (Lipinski definition) is 2. The molecule has 118 valence electrons. The van der Waals surface area contributed by atoms with Crippen molar-refractivity contribution in [3.8, 4) is 11.1 Å². The van der Waals surface area contributed by atoms with Crippen LogP contribution in [0.5, 0.6) is 0 Å². The van der Waals surface area contributed by atoms with Gasteiger partial charge in [0.05, 0.1) is 5.69 Å². The third kappa shape index (κ3) is 3.08. The summed E-state index contributed by atoms with van der Waals surface area (Å²) in [6.45, 7) is 12.6. The highest BCUT2D eigenvalue weighted by Crippen LogP contribution is 2.39. The molecule has 0 amide bonds. The predicted molar refractivity (Wildman–Crippen MR) is 93.8 cm³/mol. The normalized spacial score (nSPS) is 11.8. The lowest BCUT2D eigenvalue weighted by Gasteiger charge is -2.26. The van der Waals surface area contributed by atoms with Crippen LogP contribution >= 0.6 is 0 Å². The van der Waals surface area contributed by atoms with E-state index in [0.717, 1.165) is 34.5 Å². The Bertz CT molecular complexity index is 661. The molecule has 2 aromatic rings. The van der Waals surface area contributed by atoms with Crippen molar-refractivity contribution in [2.24, 2.45) is 0 Å². The van der Waals surface area contributed by atoms with Crippen molar-refractivity contribution < 1.29 is 4.79 Å². The maximum absolute atomic E-state index is 11.7. The molecule has 3 nitrogen and oxygen atoms in total. The van der Waals surface area contributed by atoms with Gasteiger partial charge in [0.1, 0.15) is 5.82 Å². The average molecular weight is 298 g/mol. The van der Waals surface area contributed by atoms with Gasteiger partial charge < -0.3 is 9.88 Å². The molecule has 1 N–H and O–H groups in total. The minimum atomic E-state index is -0.0822. The van der Waals surface area contributed by atoms with Crippen LogP contribution in [0.4, 0.5) is 5.82 Å². The molecule has 0 atom stereocenters. The molecule has 0 radical (unpaired) electrons. The second kappa shape index (κ2) is 5.99. The standard InChI is InChI=1S/C19H26N2O/c1-13(2)21-16(12-22)14(3)17(15-10-8-7-9-11-15)18(21)20-19(4,5)6/h7-13,20H,1-6H3. The van der Waals surface area contributed by atoms with Gasteiger partial charge in [-0.25, -0.2) is 0 Å². The molecule has 0 aliphatic carbocycles. The van der Waals surface area contributed by atoms with E-state index in [9.17, 15) is 4.79 Å². The summed E-state index contributed by atoms with van der Waals surface area (Å²) in [5.41, 5.74) is 3.95. The van der Waals surface area contributed by atoms with Crippen LogP contribution in [0, 0.1) is 6.92 Å². The summed E-state index contributed by atoms with van der Waals surface area (Å²) in [6.07, 6.45) is 0.968. The Morgan fingerprint density at radius 1 is 1.14 bits per heavy atom. The fourth-order valence-electron chi connectivity index (χ4n) is 2.84. The average Bonchev–Trinajstić information content (AvgIpc) is 2.69. The van der Waals surface area contributed by atoms with E-state index in [1.54, 1.807) is 0 Å². The summed E-state index contributed by atoms with van der Waals surface area (Å²) in [4.78, 5) is 11.7. The summed E-state index contributed by atoms with van der Waals surface area (Å²) in [6, 6.07) is 10.5. The van der Waals surface area contributed by atoms with E-state index in [2.05, 4.69) is 56.6 Å². The molecule has 2 rings (SSSR count). The molecule has 22 heavy (non-hydrogen) atoms. The van der Waals surface area contributed by atoms with E-state index in [1.807, 2.05) is 25.1 Å². The van der Waals surface area contributed by atoms with Gasteiger partial charge in [-0.3, -0.25) is 4.79 Å². The Kier molecular flexibility index (Phi) is 4.45. The van der Waals surface area contributed by atoms with Crippen molar-refractivity contribution in [3.05, 3.63) is 41.6 Å². The number of nitrogens with one attached hydrogen (secondary N) is 1. The zero-order valence-corrected chi connectivity index (χ0v) is 14.4. The second-order valence-electron chi connectivity index (χ2n) is 7.06. The predicted octanol–water partition coefficient (Wildman–Crippen LogP) is 5.07. The molecular weight excluding hydrogens is 272 g/mol. The maximum atomic E-state index is 11.7. The Hall–Kier alpha value is -2.03. The summed E-state index contributed by atoms with van der Waals surface area (Å²) < 4.78 is 2.11. The number of rotatable bonds is 4. The van der Waals surface area contributed by atoms with E-state index in [-0.39, 0.29) is 11.6 Å². The summed E-state index contributed by atoms with van der Waals surface area (Å²) in [5.74, 6) is 1.02. The van der Waals surface area contributed by atoms with Crippen LogP contribution in [0.3, 0.4) is 0 Å². The molecule has 0 saturated heterocycles. The quantitative estimate of drug-likeness (QED) is 0.800. The van der Waals surface area contributed by atoms with Crippen molar-refractivity contribution in [2.75, 3.05) is 5.32 Å². The fourth-order valence-corrected chi connectivity index (χ4v) is 2.84. The number of aldehydes is 1. The number of aromatic nitrogens is 1. The van der Waals surface area contributed by atoms with Crippen molar-refractivity contribution in [2.45, 2.75) is 53.1 Å². The van der Waals surface area contributed by atoms with Gasteiger partial charge in [0.25, 0.3) is 0 Å². The van der Waals surface area contributed by atoms with Crippen molar-refractivity contribution in [3.63, 3.8) is 0 Å². The lowest BCUT2D eigenvalue weighted by Crippen LogP contribution is -2.28. The van der Waals surface area contributed by atoms with Crippen molar-refractivity contribution in [1.29, 1.82) is 0 Å². The smallest absolute Gasteiger partial charge is 0.166 e. The summed E-state index contributed by atoms with van der Waals surface area (Å²) in [5, 5.41) is 3.60. The van der Waals surface area contributed by atoms with Crippen molar-refractivity contribution >= 4 is 12.1 Å². The highest BCUT2D eigenvalue weighted by molar-refractivity contribution is 5.89.